The number of fused-ring (bicyclic) bond motifs is 1. The van der Waals surface area contributed by atoms with Crippen LogP contribution in [0.4, 0.5) is 9.39 Å². The first-order chi connectivity index (χ1) is 12.0. The first kappa shape index (κ1) is 17.4. The summed E-state index contributed by atoms with van der Waals surface area (Å²) in [4.78, 5) is 25.3. The average molecular weight is 362 g/mol. The zero-order chi connectivity index (χ0) is 18.0. The van der Waals surface area contributed by atoms with E-state index in [1.165, 1.54) is 30.4 Å². The molecule has 0 saturated carbocycles. The summed E-state index contributed by atoms with van der Waals surface area (Å²) in [5, 5.41) is 3.17. The molecule has 1 atom stereocenters. The molecule has 1 aromatic heterocycles. The maximum atomic E-state index is 13.6. The summed E-state index contributed by atoms with van der Waals surface area (Å²) in [6.45, 7) is 1.53. The van der Waals surface area contributed by atoms with E-state index in [0.29, 0.717) is 10.6 Å². The largest absolute Gasteiger partial charge is 0.478 e. The zero-order valence-electron chi connectivity index (χ0n) is 13.8. The molecule has 1 heterocycles. The predicted octanol–water partition coefficient (Wildman–Crippen LogP) is 3.27. The van der Waals surface area contributed by atoms with E-state index in [4.69, 9.17) is 10.5 Å². The van der Waals surface area contributed by atoms with E-state index in [1.54, 1.807) is 12.1 Å². The van der Waals surface area contributed by atoms with Crippen LogP contribution < -0.4 is 15.8 Å². The van der Waals surface area contributed by atoms with E-state index in [2.05, 4.69) is 5.32 Å². The van der Waals surface area contributed by atoms with Crippen LogP contribution in [-0.4, -0.2) is 17.9 Å². The van der Waals surface area contributed by atoms with Gasteiger partial charge in [0.25, 0.3) is 11.8 Å². The van der Waals surface area contributed by atoms with E-state index in [9.17, 15) is 14.0 Å². The van der Waals surface area contributed by atoms with Crippen LogP contribution in [0.15, 0.2) is 24.3 Å². The second kappa shape index (κ2) is 7.23. The molecule has 1 aliphatic rings. The first-order valence-corrected chi connectivity index (χ1v) is 8.95. The molecule has 0 spiro atoms. The normalized spacial score (nSPS) is 14.5. The van der Waals surface area contributed by atoms with Gasteiger partial charge < -0.3 is 15.8 Å². The van der Waals surface area contributed by atoms with E-state index in [-0.39, 0.29) is 5.75 Å². The summed E-state index contributed by atoms with van der Waals surface area (Å²) < 4.78 is 19.0. The smallest absolute Gasteiger partial charge is 0.265 e. The molecule has 2 amide bonds. The Kier molecular flexibility index (Phi) is 5.03. The van der Waals surface area contributed by atoms with Crippen molar-refractivity contribution in [3.8, 4) is 5.75 Å². The summed E-state index contributed by atoms with van der Waals surface area (Å²) in [5.41, 5.74) is 6.85. The van der Waals surface area contributed by atoms with Crippen molar-refractivity contribution in [2.24, 2.45) is 5.73 Å². The number of benzene rings is 1. The van der Waals surface area contributed by atoms with Crippen LogP contribution in [0.5, 0.6) is 5.75 Å². The third-order valence-corrected chi connectivity index (χ3v) is 5.37. The van der Waals surface area contributed by atoms with E-state index >= 15 is 0 Å². The summed E-state index contributed by atoms with van der Waals surface area (Å²) in [5.74, 6) is -1.53. The highest BCUT2D eigenvalue weighted by molar-refractivity contribution is 7.17. The van der Waals surface area contributed by atoms with Crippen LogP contribution in [0, 0.1) is 5.82 Å². The van der Waals surface area contributed by atoms with Gasteiger partial charge >= 0.3 is 0 Å². The molecule has 1 aliphatic carbocycles. The molecule has 0 bridgehead atoms. The number of carbonyl (C=O) groups is 2. The van der Waals surface area contributed by atoms with Gasteiger partial charge in [-0.1, -0.05) is 12.1 Å². The number of primary amides is 1. The molecule has 0 aliphatic heterocycles. The highest BCUT2D eigenvalue weighted by atomic mass is 32.1. The van der Waals surface area contributed by atoms with E-state index in [0.717, 1.165) is 36.1 Å². The third-order valence-electron chi connectivity index (χ3n) is 4.16. The fraction of sp³-hybridized carbons (Fsp3) is 0.333. The molecule has 7 heteroatoms. The number of aryl methyl sites for hydroxylation is 1. The lowest BCUT2D eigenvalue weighted by Crippen LogP contribution is -2.31. The van der Waals surface area contributed by atoms with Crippen LogP contribution in [0.2, 0.25) is 0 Å². The molecule has 25 heavy (non-hydrogen) atoms. The van der Waals surface area contributed by atoms with Crippen molar-refractivity contribution < 1.29 is 18.7 Å². The number of hydrogen-bond donors (Lipinski definition) is 2. The summed E-state index contributed by atoms with van der Waals surface area (Å²) in [6.07, 6.45) is 2.83. The molecule has 1 unspecified atom stereocenters. The van der Waals surface area contributed by atoms with Gasteiger partial charge in [-0.15, -0.1) is 11.3 Å². The number of rotatable bonds is 5. The maximum absolute atomic E-state index is 13.6. The van der Waals surface area contributed by atoms with Crippen molar-refractivity contribution in [2.75, 3.05) is 5.32 Å². The molecule has 2 aromatic rings. The SMILES string of the molecule is CC(Oc1ccccc1F)C(=O)Nc1sc2c(c1C(N)=O)CCCC2. The van der Waals surface area contributed by atoms with Crippen molar-refractivity contribution in [1.82, 2.24) is 0 Å². The lowest BCUT2D eigenvalue weighted by Gasteiger charge is -2.15. The molecule has 3 N–H and O–H groups in total. The van der Waals surface area contributed by atoms with Crippen LogP contribution in [0.3, 0.4) is 0 Å². The van der Waals surface area contributed by atoms with Gasteiger partial charge in [0.05, 0.1) is 5.56 Å². The number of para-hydroxylation sites is 1. The Morgan fingerprint density at radius 3 is 2.72 bits per heavy atom. The zero-order valence-corrected chi connectivity index (χ0v) is 14.6. The Hall–Kier alpha value is -2.41. The van der Waals surface area contributed by atoms with Crippen molar-refractivity contribution in [3.05, 3.63) is 46.1 Å². The Morgan fingerprint density at radius 2 is 2.00 bits per heavy atom. The van der Waals surface area contributed by atoms with Crippen molar-refractivity contribution in [2.45, 2.75) is 38.7 Å². The van der Waals surface area contributed by atoms with Gasteiger partial charge in [-0.05, 0) is 50.3 Å². The second-order valence-electron chi connectivity index (χ2n) is 5.96. The summed E-state index contributed by atoms with van der Waals surface area (Å²) in [6, 6.07) is 5.89. The monoisotopic (exact) mass is 362 g/mol. The number of halogens is 1. The van der Waals surface area contributed by atoms with Crippen LogP contribution >= 0.6 is 11.3 Å². The molecule has 0 saturated heterocycles. The Bertz CT molecular complexity index is 819. The van der Waals surface area contributed by atoms with Crippen molar-refractivity contribution in [1.29, 1.82) is 0 Å². The number of nitrogens with two attached hydrogens (primary N) is 1. The summed E-state index contributed by atoms with van der Waals surface area (Å²) in [7, 11) is 0. The Morgan fingerprint density at radius 1 is 1.28 bits per heavy atom. The molecular formula is C18H19FN2O3S. The van der Waals surface area contributed by atoms with Gasteiger partial charge in [0.1, 0.15) is 5.00 Å². The average Bonchev–Trinajstić information content (AvgIpc) is 2.94. The molecule has 3 rings (SSSR count). The van der Waals surface area contributed by atoms with Crippen molar-refractivity contribution >= 4 is 28.2 Å². The highest BCUT2D eigenvalue weighted by Gasteiger charge is 2.26. The third kappa shape index (κ3) is 3.66. The lowest BCUT2D eigenvalue weighted by molar-refractivity contribution is -0.122. The first-order valence-electron chi connectivity index (χ1n) is 8.13. The van der Waals surface area contributed by atoms with Crippen molar-refractivity contribution in [3.63, 3.8) is 0 Å². The van der Waals surface area contributed by atoms with Gasteiger partial charge in [0.2, 0.25) is 0 Å². The number of anilines is 1. The van der Waals surface area contributed by atoms with Crippen LogP contribution in [0.25, 0.3) is 0 Å². The summed E-state index contributed by atoms with van der Waals surface area (Å²) >= 11 is 1.38. The fourth-order valence-electron chi connectivity index (χ4n) is 2.91. The van der Waals surface area contributed by atoms with Gasteiger partial charge in [-0.25, -0.2) is 4.39 Å². The van der Waals surface area contributed by atoms with Gasteiger partial charge in [-0.3, -0.25) is 9.59 Å². The lowest BCUT2D eigenvalue weighted by atomic mass is 9.95. The topological polar surface area (TPSA) is 81.4 Å². The minimum atomic E-state index is -0.920. The number of carbonyl (C=O) groups excluding carboxylic acids is 2. The van der Waals surface area contributed by atoms with E-state index < -0.39 is 23.7 Å². The van der Waals surface area contributed by atoms with E-state index in [1.807, 2.05) is 0 Å². The Balaban J connectivity index is 1.77. The highest BCUT2D eigenvalue weighted by Crippen LogP contribution is 2.38. The fourth-order valence-corrected chi connectivity index (χ4v) is 4.21. The standard InChI is InChI=1S/C18H19FN2O3S/c1-10(24-13-8-4-3-7-12(13)19)17(23)21-18-15(16(20)22)11-6-2-5-9-14(11)25-18/h3-4,7-8,10H,2,5-6,9H2,1H3,(H2,20,22)(H,21,23). The minimum Gasteiger partial charge on any atom is -0.478 e. The number of amides is 2. The number of nitrogens with one attached hydrogen (secondary N) is 1. The number of hydrogen-bond acceptors (Lipinski definition) is 4. The molecule has 5 nitrogen and oxygen atoms in total. The number of thiophene rings is 1. The molecule has 0 radical (unpaired) electrons. The maximum Gasteiger partial charge on any atom is 0.265 e. The number of ether oxygens (including phenoxy) is 1. The second-order valence-corrected chi connectivity index (χ2v) is 7.06. The Labute approximate surface area is 149 Å². The molecule has 1 aromatic carbocycles. The molecule has 0 fully saturated rings. The molecular weight excluding hydrogens is 343 g/mol. The minimum absolute atomic E-state index is 0.00532. The van der Waals surface area contributed by atoms with Gasteiger partial charge in [0, 0.05) is 4.88 Å². The van der Waals surface area contributed by atoms with Crippen LogP contribution in [0.1, 0.15) is 40.6 Å². The van der Waals surface area contributed by atoms with Gasteiger partial charge in [-0.2, -0.15) is 0 Å². The predicted molar refractivity (Wildman–Crippen MR) is 94.6 cm³/mol. The van der Waals surface area contributed by atoms with Gasteiger partial charge in [0.15, 0.2) is 17.7 Å². The quantitative estimate of drug-likeness (QED) is 0.856. The van der Waals surface area contributed by atoms with Crippen LogP contribution in [-0.2, 0) is 17.6 Å². The molecule has 132 valence electrons.